The van der Waals surface area contributed by atoms with Crippen molar-refractivity contribution in [3.8, 4) is 0 Å². The van der Waals surface area contributed by atoms with Crippen molar-refractivity contribution in [3.63, 3.8) is 0 Å². The molecule has 0 aliphatic rings. The third kappa shape index (κ3) is 4.03. The maximum absolute atomic E-state index is 11.9. The fourth-order valence-electron chi connectivity index (χ4n) is 1.55. The van der Waals surface area contributed by atoms with Crippen molar-refractivity contribution in [2.24, 2.45) is 0 Å². The fraction of sp³-hybridized carbons (Fsp3) is 0.214. The topological polar surface area (TPSA) is 87.1 Å². The average molecular weight is 272 g/mol. The van der Waals surface area contributed by atoms with Crippen LogP contribution in [-0.2, 0) is 0 Å². The van der Waals surface area contributed by atoms with Crippen molar-refractivity contribution in [3.05, 3.63) is 48.4 Å². The summed E-state index contributed by atoms with van der Waals surface area (Å²) < 4.78 is 0. The second kappa shape index (κ2) is 7.20. The highest BCUT2D eigenvalue weighted by atomic mass is 16.3. The summed E-state index contributed by atoms with van der Waals surface area (Å²) >= 11 is 0. The number of para-hydroxylation sites is 1. The van der Waals surface area contributed by atoms with E-state index in [1.165, 1.54) is 12.4 Å². The number of nitrogens with one attached hydrogen (secondary N) is 2. The van der Waals surface area contributed by atoms with Gasteiger partial charge in [0.25, 0.3) is 5.91 Å². The van der Waals surface area contributed by atoms with Gasteiger partial charge in [-0.05, 0) is 18.6 Å². The number of amides is 1. The molecule has 0 fully saturated rings. The molecule has 20 heavy (non-hydrogen) atoms. The van der Waals surface area contributed by atoms with Gasteiger partial charge in [-0.1, -0.05) is 18.2 Å². The van der Waals surface area contributed by atoms with Gasteiger partial charge in [0.15, 0.2) is 0 Å². The van der Waals surface area contributed by atoms with Crippen LogP contribution >= 0.6 is 0 Å². The zero-order valence-corrected chi connectivity index (χ0v) is 10.9. The van der Waals surface area contributed by atoms with E-state index in [1.54, 1.807) is 12.1 Å². The molecule has 2 rings (SSSR count). The second-order valence-electron chi connectivity index (χ2n) is 4.11. The van der Waals surface area contributed by atoms with E-state index < -0.39 is 0 Å². The Labute approximate surface area is 116 Å². The molecule has 3 N–H and O–H groups in total. The summed E-state index contributed by atoms with van der Waals surface area (Å²) in [4.78, 5) is 20.1. The molecule has 0 unspecified atom stereocenters. The Morgan fingerprint density at radius 3 is 2.60 bits per heavy atom. The first kappa shape index (κ1) is 14.0. The molecule has 1 heterocycles. The van der Waals surface area contributed by atoms with Crippen molar-refractivity contribution < 1.29 is 9.90 Å². The van der Waals surface area contributed by atoms with Gasteiger partial charge in [-0.2, -0.15) is 0 Å². The van der Waals surface area contributed by atoms with Crippen molar-refractivity contribution >= 4 is 17.4 Å². The van der Waals surface area contributed by atoms with Crippen LogP contribution in [-0.4, -0.2) is 34.1 Å². The van der Waals surface area contributed by atoms with Crippen LogP contribution in [0.4, 0.5) is 11.5 Å². The van der Waals surface area contributed by atoms with Crippen LogP contribution in [0.2, 0.25) is 0 Å². The lowest BCUT2D eigenvalue weighted by Crippen LogP contribution is -2.14. The predicted molar refractivity (Wildman–Crippen MR) is 76.6 cm³/mol. The number of aliphatic hydroxyl groups is 1. The molecule has 1 amide bonds. The number of carbonyl (C=O) groups is 1. The molecule has 0 saturated carbocycles. The normalized spacial score (nSPS) is 10.1. The Bertz CT molecular complexity index is 543. The lowest BCUT2D eigenvalue weighted by atomic mass is 10.3. The fourth-order valence-corrected chi connectivity index (χ4v) is 1.55. The van der Waals surface area contributed by atoms with E-state index in [0.717, 1.165) is 0 Å². The first-order chi connectivity index (χ1) is 9.79. The molecule has 0 spiro atoms. The summed E-state index contributed by atoms with van der Waals surface area (Å²) in [5.74, 6) is 0.278. The molecular formula is C14H16N4O2. The zero-order chi connectivity index (χ0) is 14.2. The Morgan fingerprint density at radius 2 is 1.95 bits per heavy atom. The minimum Gasteiger partial charge on any atom is -0.396 e. The third-order valence-electron chi connectivity index (χ3n) is 2.56. The standard InChI is InChI=1S/C14H16N4O2/c19-8-4-7-15-13-10-16-12(9-17-13)14(20)18-11-5-2-1-3-6-11/h1-3,5-6,9-10,19H,4,7-8H2,(H,15,17)(H,18,20). The van der Waals surface area contributed by atoms with Crippen LogP contribution in [0.1, 0.15) is 16.9 Å². The van der Waals surface area contributed by atoms with Crippen LogP contribution in [0.3, 0.4) is 0 Å². The molecule has 104 valence electrons. The summed E-state index contributed by atoms with van der Waals surface area (Å²) in [6.45, 7) is 0.735. The number of aromatic nitrogens is 2. The molecule has 6 heteroatoms. The third-order valence-corrected chi connectivity index (χ3v) is 2.56. The number of anilines is 2. The highest BCUT2D eigenvalue weighted by molar-refractivity contribution is 6.02. The van der Waals surface area contributed by atoms with Crippen molar-refractivity contribution in [2.45, 2.75) is 6.42 Å². The monoisotopic (exact) mass is 272 g/mol. The smallest absolute Gasteiger partial charge is 0.275 e. The van der Waals surface area contributed by atoms with Crippen LogP contribution in [0.15, 0.2) is 42.7 Å². The van der Waals surface area contributed by atoms with E-state index in [1.807, 2.05) is 18.2 Å². The first-order valence-corrected chi connectivity index (χ1v) is 6.33. The summed E-state index contributed by atoms with van der Waals surface area (Å²) in [6.07, 6.45) is 3.55. The van der Waals surface area contributed by atoms with E-state index >= 15 is 0 Å². The van der Waals surface area contributed by atoms with Gasteiger partial charge < -0.3 is 15.7 Å². The first-order valence-electron chi connectivity index (χ1n) is 6.33. The molecule has 0 aliphatic heterocycles. The highest BCUT2D eigenvalue weighted by Crippen LogP contribution is 2.08. The van der Waals surface area contributed by atoms with Crippen LogP contribution in [0, 0.1) is 0 Å². The number of carbonyl (C=O) groups excluding carboxylic acids is 1. The Kier molecular flexibility index (Phi) is 5.02. The maximum atomic E-state index is 11.9. The quantitative estimate of drug-likeness (QED) is 0.694. The minimum atomic E-state index is -0.300. The largest absolute Gasteiger partial charge is 0.396 e. The molecule has 6 nitrogen and oxygen atoms in total. The summed E-state index contributed by atoms with van der Waals surface area (Å²) in [6, 6.07) is 9.17. The van der Waals surface area contributed by atoms with Gasteiger partial charge in [0.2, 0.25) is 0 Å². The van der Waals surface area contributed by atoms with Gasteiger partial charge >= 0.3 is 0 Å². The van der Waals surface area contributed by atoms with Crippen molar-refractivity contribution in [2.75, 3.05) is 23.8 Å². The van der Waals surface area contributed by atoms with Crippen LogP contribution in [0.5, 0.6) is 0 Å². The molecule has 2 aromatic rings. The lowest BCUT2D eigenvalue weighted by Gasteiger charge is -2.06. The molecular weight excluding hydrogens is 256 g/mol. The van der Waals surface area contributed by atoms with Gasteiger partial charge in [-0.15, -0.1) is 0 Å². The van der Waals surface area contributed by atoms with Gasteiger partial charge in [-0.25, -0.2) is 9.97 Å². The highest BCUT2D eigenvalue weighted by Gasteiger charge is 2.08. The molecule has 0 saturated heterocycles. The molecule has 1 aromatic carbocycles. The average Bonchev–Trinajstić information content (AvgIpc) is 2.49. The molecule has 0 aliphatic carbocycles. The minimum absolute atomic E-state index is 0.123. The number of benzene rings is 1. The molecule has 0 radical (unpaired) electrons. The van der Waals surface area contributed by atoms with E-state index in [2.05, 4.69) is 20.6 Å². The Hall–Kier alpha value is -2.47. The van der Waals surface area contributed by atoms with E-state index in [9.17, 15) is 4.79 Å². The van der Waals surface area contributed by atoms with E-state index in [0.29, 0.717) is 24.5 Å². The van der Waals surface area contributed by atoms with Gasteiger partial charge in [0.05, 0.1) is 12.4 Å². The van der Waals surface area contributed by atoms with Crippen LogP contribution < -0.4 is 10.6 Å². The number of nitrogens with zero attached hydrogens (tertiary/aromatic N) is 2. The number of aliphatic hydroxyl groups excluding tert-OH is 1. The number of hydrogen-bond acceptors (Lipinski definition) is 5. The lowest BCUT2D eigenvalue weighted by molar-refractivity contribution is 0.102. The summed E-state index contributed by atoms with van der Waals surface area (Å²) in [7, 11) is 0. The van der Waals surface area contributed by atoms with Gasteiger partial charge in [0, 0.05) is 18.8 Å². The predicted octanol–water partition coefficient (Wildman–Crippen LogP) is 1.52. The Morgan fingerprint density at radius 1 is 1.15 bits per heavy atom. The second-order valence-corrected chi connectivity index (χ2v) is 4.11. The van der Waals surface area contributed by atoms with Crippen molar-refractivity contribution in [1.82, 2.24) is 9.97 Å². The molecule has 1 aromatic heterocycles. The van der Waals surface area contributed by atoms with Gasteiger partial charge in [-0.3, -0.25) is 4.79 Å². The zero-order valence-electron chi connectivity index (χ0n) is 10.9. The number of rotatable bonds is 6. The molecule has 0 bridgehead atoms. The molecule has 0 atom stereocenters. The van der Waals surface area contributed by atoms with Gasteiger partial charge in [0.1, 0.15) is 11.5 Å². The number of hydrogen-bond donors (Lipinski definition) is 3. The summed E-state index contributed by atoms with van der Waals surface area (Å²) in [5.41, 5.74) is 0.964. The maximum Gasteiger partial charge on any atom is 0.275 e. The Balaban J connectivity index is 1.94. The summed E-state index contributed by atoms with van der Waals surface area (Å²) in [5, 5.41) is 14.4. The van der Waals surface area contributed by atoms with Crippen LogP contribution in [0.25, 0.3) is 0 Å². The van der Waals surface area contributed by atoms with Crippen molar-refractivity contribution in [1.29, 1.82) is 0 Å². The SMILES string of the molecule is O=C(Nc1ccccc1)c1cnc(NCCCO)cn1. The van der Waals surface area contributed by atoms with E-state index in [-0.39, 0.29) is 18.2 Å². The van der Waals surface area contributed by atoms with E-state index in [4.69, 9.17) is 5.11 Å².